The third kappa shape index (κ3) is 2.22. The van der Waals surface area contributed by atoms with E-state index in [1.807, 2.05) is 0 Å². The zero-order valence-electron chi connectivity index (χ0n) is 8.40. The van der Waals surface area contributed by atoms with E-state index in [0.717, 1.165) is 12.3 Å². The molecule has 1 amide bonds. The van der Waals surface area contributed by atoms with Gasteiger partial charge in [0.25, 0.3) is 5.91 Å². The lowest BCUT2D eigenvalue weighted by Crippen LogP contribution is -2.12. The zero-order valence-corrected chi connectivity index (χ0v) is 8.40. The molecular weight excluding hydrogens is 213 g/mol. The van der Waals surface area contributed by atoms with Crippen molar-refractivity contribution in [2.45, 2.75) is 6.92 Å². The number of anilines is 1. The fourth-order valence-corrected chi connectivity index (χ4v) is 1.12. The molecule has 2 heterocycles. The number of rotatable bonds is 2. The minimum Gasteiger partial charge on any atom is -0.360 e. The van der Waals surface area contributed by atoms with E-state index in [4.69, 9.17) is 4.52 Å². The molecule has 6 heteroatoms. The summed E-state index contributed by atoms with van der Waals surface area (Å²) in [5.41, 5.74) is 0.252. The highest BCUT2D eigenvalue weighted by molar-refractivity contribution is 6.03. The molecule has 0 radical (unpaired) electrons. The number of carbonyl (C=O) groups is 1. The van der Waals surface area contributed by atoms with E-state index >= 15 is 0 Å². The molecule has 16 heavy (non-hydrogen) atoms. The summed E-state index contributed by atoms with van der Waals surface area (Å²) in [6, 6.07) is 4.03. The van der Waals surface area contributed by atoms with Gasteiger partial charge >= 0.3 is 0 Å². The summed E-state index contributed by atoms with van der Waals surface area (Å²) in [6.07, 6.45) is 1.15. The van der Waals surface area contributed by atoms with E-state index in [1.165, 1.54) is 6.07 Å². The maximum atomic E-state index is 12.5. The van der Waals surface area contributed by atoms with Crippen LogP contribution in [0.15, 0.2) is 28.9 Å². The zero-order chi connectivity index (χ0) is 11.5. The van der Waals surface area contributed by atoms with Gasteiger partial charge in [-0.3, -0.25) is 4.79 Å². The Morgan fingerprint density at radius 3 is 2.88 bits per heavy atom. The van der Waals surface area contributed by atoms with Crippen LogP contribution in [0.3, 0.4) is 0 Å². The second kappa shape index (κ2) is 4.09. The Kier molecular flexibility index (Phi) is 2.63. The first kappa shape index (κ1) is 10.3. The number of pyridine rings is 1. The fourth-order valence-electron chi connectivity index (χ4n) is 1.12. The van der Waals surface area contributed by atoms with Crippen molar-refractivity contribution in [2.75, 3.05) is 5.32 Å². The molecule has 0 fully saturated rings. The number of nitrogens with zero attached hydrogens (tertiary/aromatic N) is 2. The molecule has 0 aliphatic rings. The Morgan fingerprint density at radius 1 is 1.50 bits per heavy atom. The average Bonchev–Trinajstić information content (AvgIpc) is 2.65. The third-order valence-electron chi connectivity index (χ3n) is 1.86. The predicted molar refractivity (Wildman–Crippen MR) is 53.4 cm³/mol. The van der Waals surface area contributed by atoms with Crippen LogP contribution in [-0.4, -0.2) is 16.0 Å². The topological polar surface area (TPSA) is 68.0 Å². The van der Waals surface area contributed by atoms with Crippen LogP contribution in [0.4, 0.5) is 10.2 Å². The maximum Gasteiger partial charge on any atom is 0.258 e. The Hall–Kier alpha value is -2.24. The number of carbonyl (C=O) groups excluding carboxylic acids is 1. The van der Waals surface area contributed by atoms with Gasteiger partial charge in [0.2, 0.25) is 5.95 Å². The van der Waals surface area contributed by atoms with Crippen molar-refractivity contribution in [3.63, 3.8) is 0 Å². The minimum atomic E-state index is -0.631. The lowest BCUT2D eigenvalue weighted by molar-refractivity contribution is 0.102. The highest BCUT2D eigenvalue weighted by atomic mass is 19.1. The third-order valence-corrected chi connectivity index (χ3v) is 1.86. The fraction of sp³-hybridized carbons (Fsp3) is 0.100. The molecule has 82 valence electrons. The van der Waals surface area contributed by atoms with Gasteiger partial charge in [-0.05, 0) is 19.1 Å². The Balaban J connectivity index is 2.11. The molecule has 5 nitrogen and oxygen atoms in total. The van der Waals surface area contributed by atoms with Crippen molar-refractivity contribution in [3.05, 3.63) is 41.7 Å². The van der Waals surface area contributed by atoms with Crippen LogP contribution < -0.4 is 5.32 Å². The number of aromatic nitrogens is 2. The molecule has 0 aromatic carbocycles. The lowest BCUT2D eigenvalue weighted by Gasteiger charge is -1.99. The van der Waals surface area contributed by atoms with Gasteiger partial charge in [-0.15, -0.1) is 0 Å². The van der Waals surface area contributed by atoms with Gasteiger partial charge in [0.15, 0.2) is 5.82 Å². The molecule has 0 spiro atoms. The number of hydrogen-bond donors (Lipinski definition) is 1. The average molecular weight is 221 g/mol. The first-order valence-electron chi connectivity index (χ1n) is 4.51. The van der Waals surface area contributed by atoms with E-state index < -0.39 is 11.9 Å². The van der Waals surface area contributed by atoms with E-state index in [9.17, 15) is 9.18 Å². The van der Waals surface area contributed by atoms with Gasteiger partial charge in [0, 0.05) is 12.3 Å². The first-order chi connectivity index (χ1) is 7.65. The summed E-state index contributed by atoms with van der Waals surface area (Å²) in [7, 11) is 0. The van der Waals surface area contributed by atoms with Crippen LogP contribution in [0.5, 0.6) is 0 Å². The Labute approximate surface area is 90.3 Å². The van der Waals surface area contributed by atoms with E-state index in [0.29, 0.717) is 11.6 Å². The normalized spacial score (nSPS) is 10.1. The molecule has 0 unspecified atom stereocenters. The molecule has 0 atom stereocenters. The largest absolute Gasteiger partial charge is 0.360 e. The van der Waals surface area contributed by atoms with Crippen LogP contribution in [-0.2, 0) is 0 Å². The van der Waals surface area contributed by atoms with Gasteiger partial charge in [-0.2, -0.15) is 4.39 Å². The van der Waals surface area contributed by atoms with Crippen molar-refractivity contribution >= 4 is 11.7 Å². The molecular formula is C10H8FN3O2. The maximum absolute atomic E-state index is 12.5. The number of halogens is 1. The van der Waals surface area contributed by atoms with E-state index in [1.54, 1.807) is 13.0 Å². The smallest absolute Gasteiger partial charge is 0.258 e. The molecule has 0 saturated carbocycles. The van der Waals surface area contributed by atoms with Gasteiger partial charge in [0.1, 0.15) is 5.76 Å². The van der Waals surface area contributed by atoms with Gasteiger partial charge < -0.3 is 9.84 Å². The molecule has 0 saturated heterocycles. The predicted octanol–water partition coefficient (Wildman–Crippen LogP) is 1.77. The van der Waals surface area contributed by atoms with Crippen molar-refractivity contribution < 1.29 is 13.7 Å². The second-order valence-corrected chi connectivity index (χ2v) is 3.15. The van der Waals surface area contributed by atoms with Crippen LogP contribution in [0.25, 0.3) is 0 Å². The van der Waals surface area contributed by atoms with Crippen LogP contribution in [0.1, 0.15) is 16.1 Å². The van der Waals surface area contributed by atoms with Crippen molar-refractivity contribution in [1.82, 2.24) is 10.1 Å². The standard InChI is InChI=1S/C10H8FN3O2/c1-6-4-9(14-16-6)13-10(15)7-2-3-8(11)12-5-7/h2-5H,1H3,(H,13,14,15). The lowest BCUT2D eigenvalue weighted by atomic mass is 10.2. The molecule has 2 aromatic heterocycles. The molecule has 1 N–H and O–H groups in total. The van der Waals surface area contributed by atoms with Gasteiger partial charge in [-0.1, -0.05) is 5.16 Å². The molecule has 2 aromatic rings. The van der Waals surface area contributed by atoms with E-state index in [2.05, 4.69) is 15.5 Å². The summed E-state index contributed by atoms with van der Waals surface area (Å²) in [5.74, 6) is -0.144. The number of nitrogens with one attached hydrogen (secondary N) is 1. The SMILES string of the molecule is Cc1cc(NC(=O)c2ccc(F)nc2)no1. The summed E-state index contributed by atoms with van der Waals surface area (Å²) >= 11 is 0. The van der Waals surface area contributed by atoms with Crippen molar-refractivity contribution in [3.8, 4) is 0 Å². The minimum absolute atomic E-state index is 0.252. The second-order valence-electron chi connectivity index (χ2n) is 3.15. The molecule has 0 bridgehead atoms. The van der Waals surface area contributed by atoms with Crippen LogP contribution in [0.2, 0.25) is 0 Å². The summed E-state index contributed by atoms with van der Waals surface area (Å²) in [4.78, 5) is 15.0. The monoisotopic (exact) mass is 221 g/mol. The highest BCUT2D eigenvalue weighted by Gasteiger charge is 2.09. The summed E-state index contributed by atoms with van der Waals surface area (Å²) in [5, 5.41) is 6.09. The number of amides is 1. The molecule has 2 rings (SSSR count). The van der Waals surface area contributed by atoms with Crippen LogP contribution in [0, 0.1) is 12.9 Å². The molecule has 0 aliphatic carbocycles. The molecule has 0 aliphatic heterocycles. The Morgan fingerprint density at radius 2 is 2.31 bits per heavy atom. The van der Waals surface area contributed by atoms with Gasteiger partial charge in [-0.25, -0.2) is 4.98 Å². The number of hydrogen-bond acceptors (Lipinski definition) is 4. The quantitative estimate of drug-likeness (QED) is 0.784. The van der Waals surface area contributed by atoms with E-state index in [-0.39, 0.29) is 5.56 Å². The van der Waals surface area contributed by atoms with Crippen molar-refractivity contribution in [1.29, 1.82) is 0 Å². The number of aryl methyl sites for hydroxylation is 1. The van der Waals surface area contributed by atoms with Gasteiger partial charge in [0.05, 0.1) is 5.56 Å². The summed E-state index contributed by atoms with van der Waals surface area (Å²) in [6.45, 7) is 1.71. The Bertz CT molecular complexity index is 507. The first-order valence-corrected chi connectivity index (χ1v) is 4.51. The highest BCUT2D eigenvalue weighted by Crippen LogP contribution is 2.09. The van der Waals surface area contributed by atoms with Crippen molar-refractivity contribution in [2.24, 2.45) is 0 Å². The summed E-state index contributed by atoms with van der Waals surface area (Å²) < 4.78 is 17.3. The van der Waals surface area contributed by atoms with Crippen LogP contribution >= 0.6 is 0 Å².